The smallest absolute Gasteiger partial charge is 0.341 e. The first-order valence-corrected chi connectivity index (χ1v) is 8.89. The van der Waals surface area contributed by atoms with Gasteiger partial charge < -0.3 is 10.1 Å². The molecule has 0 aliphatic carbocycles. The van der Waals surface area contributed by atoms with E-state index in [0.29, 0.717) is 16.1 Å². The number of carbonyl (C=O) groups is 2. The maximum atomic E-state index is 12.7. The van der Waals surface area contributed by atoms with Gasteiger partial charge >= 0.3 is 5.97 Å². The quantitative estimate of drug-likeness (QED) is 0.675. The van der Waals surface area contributed by atoms with E-state index in [1.54, 1.807) is 6.92 Å². The van der Waals surface area contributed by atoms with E-state index in [1.807, 2.05) is 56.3 Å². The SMILES string of the molecule is CCOC(=O)c1c(NC(=O)c2cc(C)cc(C)c2)sc2ccccc12. The molecule has 0 atom stereocenters. The number of hydrogen-bond acceptors (Lipinski definition) is 4. The molecule has 0 saturated carbocycles. The van der Waals surface area contributed by atoms with Crippen LogP contribution >= 0.6 is 11.3 Å². The lowest BCUT2D eigenvalue weighted by Crippen LogP contribution is -2.14. The molecule has 3 rings (SSSR count). The number of benzene rings is 2. The third-order valence-electron chi connectivity index (χ3n) is 3.79. The van der Waals surface area contributed by atoms with Crippen LogP contribution in [0.3, 0.4) is 0 Å². The van der Waals surface area contributed by atoms with Crippen molar-refractivity contribution in [3.8, 4) is 0 Å². The van der Waals surface area contributed by atoms with Crippen LogP contribution in [0.2, 0.25) is 0 Å². The lowest BCUT2D eigenvalue weighted by molar-refractivity contribution is 0.0530. The molecule has 1 N–H and O–H groups in total. The van der Waals surface area contributed by atoms with E-state index in [0.717, 1.165) is 21.2 Å². The fourth-order valence-corrected chi connectivity index (χ4v) is 3.91. The number of aryl methyl sites for hydroxylation is 2. The molecule has 3 aromatic rings. The number of fused-ring (bicyclic) bond motifs is 1. The second kappa shape index (κ2) is 7.07. The minimum atomic E-state index is -0.421. The number of carbonyl (C=O) groups excluding carboxylic acids is 2. The molecule has 1 aromatic heterocycles. The summed E-state index contributed by atoms with van der Waals surface area (Å²) < 4.78 is 6.11. The molecule has 0 aliphatic heterocycles. The summed E-state index contributed by atoms with van der Waals surface area (Å²) in [7, 11) is 0. The topological polar surface area (TPSA) is 55.4 Å². The van der Waals surface area contributed by atoms with Gasteiger partial charge in [-0.05, 0) is 39.0 Å². The summed E-state index contributed by atoms with van der Waals surface area (Å²) in [5.74, 6) is -0.653. The van der Waals surface area contributed by atoms with Gasteiger partial charge in [-0.15, -0.1) is 11.3 Å². The number of nitrogens with one attached hydrogen (secondary N) is 1. The van der Waals surface area contributed by atoms with Crippen molar-refractivity contribution in [1.82, 2.24) is 0 Å². The normalized spacial score (nSPS) is 10.7. The van der Waals surface area contributed by atoms with Crippen molar-refractivity contribution in [1.29, 1.82) is 0 Å². The number of anilines is 1. The minimum absolute atomic E-state index is 0.232. The van der Waals surface area contributed by atoms with Gasteiger partial charge in [-0.3, -0.25) is 4.79 Å². The van der Waals surface area contributed by atoms with E-state index in [4.69, 9.17) is 4.74 Å². The average molecular weight is 353 g/mol. The summed E-state index contributed by atoms with van der Waals surface area (Å²) in [6.45, 7) is 5.95. The summed E-state index contributed by atoms with van der Waals surface area (Å²) in [5, 5.41) is 4.20. The molecule has 0 fully saturated rings. The maximum Gasteiger partial charge on any atom is 0.341 e. The number of esters is 1. The second-order valence-corrected chi connectivity index (χ2v) is 6.91. The van der Waals surface area contributed by atoms with Gasteiger partial charge in [0.25, 0.3) is 5.91 Å². The van der Waals surface area contributed by atoms with E-state index in [2.05, 4.69) is 5.32 Å². The highest BCUT2D eigenvalue weighted by Crippen LogP contribution is 2.36. The summed E-state index contributed by atoms with van der Waals surface area (Å²) in [4.78, 5) is 25.1. The van der Waals surface area contributed by atoms with Gasteiger partial charge in [0.1, 0.15) is 10.6 Å². The van der Waals surface area contributed by atoms with Crippen LogP contribution in [0.15, 0.2) is 42.5 Å². The molecular formula is C20H19NO3S. The van der Waals surface area contributed by atoms with Crippen LogP contribution < -0.4 is 5.32 Å². The molecule has 0 spiro atoms. The minimum Gasteiger partial charge on any atom is -0.462 e. The number of ether oxygens (including phenoxy) is 1. The zero-order valence-corrected chi connectivity index (χ0v) is 15.2. The standard InChI is InChI=1S/C20H19NO3S/c1-4-24-20(23)17-15-7-5-6-8-16(15)25-19(17)21-18(22)14-10-12(2)9-13(3)11-14/h5-11H,4H2,1-3H3,(H,21,22). The maximum absolute atomic E-state index is 12.7. The number of thiophene rings is 1. The third kappa shape index (κ3) is 3.56. The molecular weight excluding hydrogens is 334 g/mol. The predicted molar refractivity (Wildman–Crippen MR) is 102 cm³/mol. The molecule has 0 radical (unpaired) electrons. The van der Waals surface area contributed by atoms with E-state index in [1.165, 1.54) is 11.3 Å². The molecule has 2 aromatic carbocycles. The van der Waals surface area contributed by atoms with Crippen LogP contribution in [0, 0.1) is 13.8 Å². The monoisotopic (exact) mass is 353 g/mol. The Morgan fingerprint density at radius 1 is 1.08 bits per heavy atom. The zero-order valence-electron chi connectivity index (χ0n) is 14.4. The van der Waals surface area contributed by atoms with Gasteiger partial charge in [-0.25, -0.2) is 4.79 Å². The summed E-state index contributed by atoms with van der Waals surface area (Å²) in [6.07, 6.45) is 0. The molecule has 4 nitrogen and oxygen atoms in total. The van der Waals surface area contributed by atoms with E-state index in [9.17, 15) is 9.59 Å². The largest absolute Gasteiger partial charge is 0.462 e. The lowest BCUT2D eigenvalue weighted by atomic mass is 10.1. The van der Waals surface area contributed by atoms with Crippen LogP contribution in [-0.4, -0.2) is 18.5 Å². The summed E-state index contributed by atoms with van der Waals surface area (Å²) >= 11 is 1.38. The fourth-order valence-electron chi connectivity index (χ4n) is 2.82. The Labute approximate surface area is 150 Å². The lowest BCUT2D eigenvalue weighted by Gasteiger charge is -2.08. The van der Waals surface area contributed by atoms with Crippen molar-refractivity contribution >= 4 is 38.3 Å². The summed E-state index contributed by atoms with van der Waals surface area (Å²) in [5.41, 5.74) is 3.03. The van der Waals surface area contributed by atoms with Crippen LogP contribution in [0.5, 0.6) is 0 Å². The molecule has 1 amide bonds. The van der Waals surface area contributed by atoms with Crippen molar-refractivity contribution in [2.24, 2.45) is 0 Å². The molecule has 25 heavy (non-hydrogen) atoms. The predicted octanol–water partition coefficient (Wildman–Crippen LogP) is 4.95. The highest BCUT2D eigenvalue weighted by molar-refractivity contribution is 7.23. The van der Waals surface area contributed by atoms with Gasteiger partial charge in [0.2, 0.25) is 0 Å². The first kappa shape index (κ1) is 17.2. The van der Waals surface area contributed by atoms with Gasteiger partial charge in [-0.1, -0.05) is 35.4 Å². The molecule has 0 saturated heterocycles. The first-order chi connectivity index (χ1) is 12.0. The Bertz CT molecular complexity index is 938. The number of rotatable bonds is 4. The molecule has 0 aliphatic rings. The van der Waals surface area contributed by atoms with Gasteiger partial charge in [0, 0.05) is 15.6 Å². The Morgan fingerprint density at radius 3 is 2.44 bits per heavy atom. The Kier molecular flexibility index (Phi) is 4.86. The highest BCUT2D eigenvalue weighted by atomic mass is 32.1. The summed E-state index contributed by atoms with van der Waals surface area (Å²) in [6, 6.07) is 13.2. The van der Waals surface area contributed by atoms with E-state index < -0.39 is 5.97 Å². The van der Waals surface area contributed by atoms with Crippen molar-refractivity contribution in [3.63, 3.8) is 0 Å². The van der Waals surface area contributed by atoms with E-state index in [-0.39, 0.29) is 12.5 Å². The zero-order chi connectivity index (χ0) is 18.0. The van der Waals surface area contributed by atoms with E-state index >= 15 is 0 Å². The molecule has 0 bridgehead atoms. The van der Waals surface area contributed by atoms with Gasteiger partial charge in [0.15, 0.2) is 0 Å². The van der Waals surface area contributed by atoms with Crippen LogP contribution in [0.4, 0.5) is 5.00 Å². The Balaban J connectivity index is 2.01. The van der Waals surface area contributed by atoms with Crippen LogP contribution in [-0.2, 0) is 4.74 Å². The average Bonchev–Trinajstić information content (AvgIpc) is 2.92. The molecule has 1 heterocycles. The Hall–Kier alpha value is -2.66. The number of hydrogen-bond donors (Lipinski definition) is 1. The second-order valence-electron chi connectivity index (χ2n) is 5.85. The fraction of sp³-hybridized carbons (Fsp3) is 0.200. The first-order valence-electron chi connectivity index (χ1n) is 8.08. The number of amides is 1. The van der Waals surface area contributed by atoms with Crippen LogP contribution in [0.1, 0.15) is 38.8 Å². The van der Waals surface area contributed by atoms with Crippen molar-refractivity contribution < 1.29 is 14.3 Å². The van der Waals surface area contributed by atoms with Gasteiger partial charge in [0.05, 0.1) is 6.61 Å². The Morgan fingerprint density at radius 2 is 1.76 bits per heavy atom. The molecule has 5 heteroatoms. The van der Waals surface area contributed by atoms with Crippen LogP contribution in [0.25, 0.3) is 10.1 Å². The molecule has 0 unspecified atom stereocenters. The van der Waals surface area contributed by atoms with Crippen molar-refractivity contribution in [3.05, 3.63) is 64.7 Å². The van der Waals surface area contributed by atoms with Gasteiger partial charge in [-0.2, -0.15) is 0 Å². The highest BCUT2D eigenvalue weighted by Gasteiger charge is 2.22. The third-order valence-corrected chi connectivity index (χ3v) is 4.87. The molecule has 128 valence electrons. The van der Waals surface area contributed by atoms with Crippen molar-refractivity contribution in [2.75, 3.05) is 11.9 Å². The van der Waals surface area contributed by atoms with Crippen molar-refractivity contribution in [2.45, 2.75) is 20.8 Å².